The second-order valence-electron chi connectivity index (χ2n) is 3.84. The van der Waals surface area contributed by atoms with Crippen molar-refractivity contribution in [3.05, 3.63) is 23.3 Å². The van der Waals surface area contributed by atoms with Gasteiger partial charge in [-0.1, -0.05) is 19.1 Å². The summed E-state index contributed by atoms with van der Waals surface area (Å²) in [6, 6.07) is -0.667. The van der Waals surface area contributed by atoms with E-state index in [4.69, 9.17) is 10.5 Å². The number of ether oxygens (including phenoxy) is 1. The number of hydrogen-bond acceptors (Lipinski definition) is 4. The maximum atomic E-state index is 11.5. The molecule has 0 spiro atoms. The molecule has 0 aromatic rings. The summed E-state index contributed by atoms with van der Waals surface area (Å²) < 4.78 is 5.01. The molecule has 4 nitrogen and oxygen atoms in total. The van der Waals surface area contributed by atoms with E-state index in [1.807, 2.05) is 6.92 Å². The Morgan fingerprint density at radius 3 is 2.71 bits per heavy atom. The predicted octanol–water partition coefficient (Wildman–Crippen LogP) is 1.53. The first-order valence-electron chi connectivity index (χ1n) is 5.39. The summed E-state index contributed by atoms with van der Waals surface area (Å²) in [4.78, 5) is 22.7. The standard InChI is InChI=1S/C12H17NO3.ClH/c1-3-4-10(14)16-7-9-6-5-8(2)12(15)11(9)13;/h5-6,11H,3-4,7,13H2,1-2H3;1H. The molecule has 0 fully saturated rings. The largest absolute Gasteiger partial charge is 0.461 e. The molecule has 1 atom stereocenters. The highest BCUT2D eigenvalue weighted by molar-refractivity contribution is 6.02. The van der Waals surface area contributed by atoms with E-state index in [0.29, 0.717) is 17.6 Å². The maximum Gasteiger partial charge on any atom is 0.306 e. The lowest BCUT2D eigenvalue weighted by Crippen LogP contribution is -2.36. The summed E-state index contributed by atoms with van der Waals surface area (Å²) in [7, 11) is 0. The molecule has 17 heavy (non-hydrogen) atoms. The molecule has 1 aliphatic rings. The Labute approximate surface area is 107 Å². The third-order valence-electron chi connectivity index (χ3n) is 2.47. The molecule has 0 aromatic heterocycles. The summed E-state index contributed by atoms with van der Waals surface area (Å²) >= 11 is 0. The van der Waals surface area contributed by atoms with Crippen LogP contribution in [0.2, 0.25) is 0 Å². The van der Waals surface area contributed by atoms with E-state index in [0.717, 1.165) is 6.42 Å². The molecule has 0 saturated heterocycles. The van der Waals surface area contributed by atoms with Crippen LogP contribution in [0.3, 0.4) is 0 Å². The summed E-state index contributed by atoms with van der Waals surface area (Å²) in [6.45, 7) is 3.73. The molecular formula is C12H18ClNO3. The summed E-state index contributed by atoms with van der Waals surface area (Å²) in [5.41, 5.74) is 7.01. The molecule has 0 bridgehead atoms. The van der Waals surface area contributed by atoms with Gasteiger partial charge in [0.25, 0.3) is 0 Å². The third kappa shape index (κ3) is 4.32. The van der Waals surface area contributed by atoms with Gasteiger partial charge in [0, 0.05) is 6.42 Å². The lowest BCUT2D eigenvalue weighted by Gasteiger charge is -2.18. The Morgan fingerprint density at radius 1 is 1.47 bits per heavy atom. The molecule has 1 rings (SSSR count). The Bertz CT molecular complexity index is 361. The van der Waals surface area contributed by atoms with Crippen LogP contribution in [0, 0.1) is 0 Å². The van der Waals surface area contributed by atoms with E-state index in [2.05, 4.69) is 0 Å². The molecule has 5 heteroatoms. The molecule has 0 heterocycles. The molecule has 0 saturated carbocycles. The van der Waals surface area contributed by atoms with Crippen LogP contribution in [0.1, 0.15) is 26.7 Å². The molecule has 1 aliphatic carbocycles. The number of Topliss-reactive ketones (excluding diaryl/α,β-unsaturated/α-hetero) is 1. The number of nitrogens with two attached hydrogens (primary N) is 1. The minimum atomic E-state index is -0.667. The number of hydrogen-bond donors (Lipinski definition) is 1. The van der Waals surface area contributed by atoms with Crippen molar-refractivity contribution in [2.24, 2.45) is 5.73 Å². The highest BCUT2D eigenvalue weighted by Crippen LogP contribution is 2.14. The molecule has 2 N–H and O–H groups in total. The SMILES string of the molecule is CCCC(=O)OCC1=CC=C(C)C(=O)C1N.Cl. The molecular weight excluding hydrogens is 242 g/mol. The molecule has 0 aromatic carbocycles. The van der Waals surface area contributed by atoms with E-state index in [-0.39, 0.29) is 30.8 Å². The van der Waals surface area contributed by atoms with Crippen LogP contribution in [-0.2, 0) is 14.3 Å². The van der Waals surface area contributed by atoms with Crippen molar-refractivity contribution < 1.29 is 14.3 Å². The maximum absolute atomic E-state index is 11.5. The van der Waals surface area contributed by atoms with Crippen molar-refractivity contribution in [1.82, 2.24) is 0 Å². The van der Waals surface area contributed by atoms with Gasteiger partial charge in [-0.25, -0.2) is 0 Å². The number of carbonyl (C=O) groups is 2. The minimum absolute atomic E-state index is 0. The summed E-state index contributed by atoms with van der Waals surface area (Å²) in [6.07, 6.45) is 4.60. The average Bonchev–Trinajstić information content (AvgIpc) is 2.25. The third-order valence-corrected chi connectivity index (χ3v) is 2.47. The zero-order valence-electron chi connectivity index (χ0n) is 10.1. The number of halogens is 1. The van der Waals surface area contributed by atoms with Crippen molar-refractivity contribution in [1.29, 1.82) is 0 Å². The number of esters is 1. The van der Waals surface area contributed by atoms with E-state index in [9.17, 15) is 9.59 Å². The Hall–Kier alpha value is -1.13. The Balaban J connectivity index is 0.00000256. The average molecular weight is 260 g/mol. The molecule has 96 valence electrons. The second kappa shape index (κ2) is 7.25. The zero-order valence-corrected chi connectivity index (χ0v) is 10.9. The Morgan fingerprint density at radius 2 is 2.12 bits per heavy atom. The fourth-order valence-electron chi connectivity index (χ4n) is 1.41. The monoisotopic (exact) mass is 259 g/mol. The first kappa shape index (κ1) is 15.9. The number of rotatable bonds is 4. The van der Waals surface area contributed by atoms with E-state index in [1.165, 1.54) is 0 Å². The number of carbonyl (C=O) groups excluding carboxylic acids is 2. The van der Waals surface area contributed by atoms with Crippen molar-refractivity contribution >= 4 is 24.2 Å². The first-order chi connectivity index (χ1) is 7.56. The van der Waals surface area contributed by atoms with Gasteiger partial charge < -0.3 is 10.5 Å². The van der Waals surface area contributed by atoms with Gasteiger partial charge in [0.15, 0.2) is 5.78 Å². The van der Waals surface area contributed by atoms with Crippen molar-refractivity contribution in [3.63, 3.8) is 0 Å². The van der Waals surface area contributed by atoms with Crippen LogP contribution in [0.4, 0.5) is 0 Å². The second-order valence-corrected chi connectivity index (χ2v) is 3.84. The topological polar surface area (TPSA) is 69.4 Å². The van der Waals surface area contributed by atoms with Crippen LogP contribution in [-0.4, -0.2) is 24.4 Å². The van der Waals surface area contributed by atoms with Crippen LogP contribution in [0.25, 0.3) is 0 Å². The molecule has 0 aliphatic heterocycles. The van der Waals surface area contributed by atoms with Gasteiger partial charge in [0.1, 0.15) is 6.61 Å². The van der Waals surface area contributed by atoms with Gasteiger partial charge in [-0.05, 0) is 24.5 Å². The normalized spacial score (nSPS) is 19.0. The van der Waals surface area contributed by atoms with E-state index in [1.54, 1.807) is 19.1 Å². The fraction of sp³-hybridized carbons (Fsp3) is 0.500. The van der Waals surface area contributed by atoms with Crippen molar-refractivity contribution in [2.45, 2.75) is 32.7 Å². The van der Waals surface area contributed by atoms with Gasteiger partial charge in [0.2, 0.25) is 0 Å². The quantitative estimate of drug-likeness (QED) is 0.778. The lowest BCUT2D eigenvalue weighted by atomic mass is 9.94. The molecule has 1 unspecified atom stereocenters. The van der Waals surface area contributed by atoms with Crippen molar-refractivity contribution in [2.75, 3.05) is 6.61 Å². The van der Waals surface area contributed by atoms with Crippen LogP contribution in [0.5, 0.6) is 0 Å². The number of ketones is 1. The lowest BCUT2D eigenvalue weighted by molar-refractivity contribution is -0.143. The van der Waals surface area contributed by atoms with E-state index < -0.39 is 6.04 Å². The van der Waals surface area contributed by atoms with Gasteiger partial charge in [-0.2, -0.15) is 0 Å². The Kier molecular flexibility index (Phi) is 6.76. The van der Waals surface area contributed by atoms with Crippen LogP contribution >= 0.6 is 12.4 Å². The first-order valence-corrected chi connectivity index (χ1v) is 5.39. The zero-order chi connectivity index (χ0) is 12.1. The summed E-state index contributed by atoms with van der Waals surface area (Å²) in [5, 5.41) is 0. The smallest absolute Gasteiger partial charge is 0.306 e. The van der Waals surface area contributed by atoms with Gasteiger partial charge in [-0.3, -0.25) is 9.59 Å². The van der Waals surface area contributed by atoms with Crippen molar-refractivity contribution in [3.8, 4) is 0 Å². The highest BCUT2D eigenvalue weighted by atomic mass is 35.5. The molecule has 0 amide bonds. The van der Waals surface area contributed by atoms with Gasteiger partial charge >= 0.3 is 5.97 Å². The predicted molar refractivity (Wildman–Crippen MR) is 67.9 cm³/mol. The molecule has 0 radical (unpaired) electrons. The number of allylic oxidation sites excluding steroid dienone is 2. The van der Waals surface area contributed by atoms with E-state index >= 15 is 0 Å². The minimum Gasteiger partial charge on any atom is -0.461 e. The summed E-state index contributed by atoms with van der Waals surface area (Å²) in [5.74, 6) is -0.363. The van der Waals surface area contributed by atoms with Crippen LogP contribution in [0.15, 0.2) is 23.3 Å². The highest BCUT2D eigenvalue weighted by Gasteiger charge is 2.23. The van der Waals surface area contributed by atoms with Gasteiger partial charge in [0.05, 0.1) is 6.04 Å². The fourth-order valence-corrected chi connectivity index (χ4v) is 1.41. The van der Waals surface area contributed by atoms with Crippen LogP contribution < -0.4 is 5.73 Å². The van der Waals surface area contributed by atoms with Gasteiger partial charge in [-0.15, -0.1) is 12.4 Å².